The second-order valence-corrected chi connectivity index (χ2v) is 4.57. The first kappa shape index (κ1) is 12.3. The molecule has 1 aromatic rings. The Kier molecular flexibility index (Phi) is 3.63. The molecule has 17 heavy (non-hydrogen) atoms. The molecule has 0 aromatic carbocycles. The SMILES string of the molecule is CC(Nc1nc(Cl)nnc1Cl)C(=O)NC1CC1. The second kappa shape index (κ2) is 5.01. The normalized spacial score (nSPS) is 16.4. The third-order valence-electron chi connectivity index (χ3n) is 2.29. The van der Waals surface area contributed by atoms with Crippen LogP contribution in [0.4, 0.5) is 5.82 Å². The molecule has 8 heteroatoms. The van der Waals surface area contributed by atoms with Crippen molar-refractivity contribution in [3.8, 4) is 0 Å². The van der Waals surface area contributed by atoms with Crippen molar-refractivity contribution in [3.63, 3.8) is 0 Å². The van der Waals surface area contributed by atoms with E-state index in [0.717, 1.165) is 12.8 Å². The van der Waals surface area contributed by atoms with Gasteiger partial charge in [-0.05, 0) is 31.4 Å². The van der Waals surface area contributed by atoms with E-state index in [1.165, 1.54) is 0 Å². The predicted molar refractivity (Wildman–Crippen MR) is 64.1 cm³/mol. The third-order valence-corrected chi connectivity index (χ3v) is 2.70. The zero-order valence-corrected chi connectivity index (χ0v) is 10.6. The van der Waals surface area contributed by atoms with Crippen LogP contribution in [-0.2, 0) is 4.79 Å². The molecule has 0 aliphatic heterocycles. The predicted octanol–water partition coefficient (Wildman–Crippen LogP) is 1.26. The van der Waals surface area contributed by atoms with Gasteiger partial charge < -0.3 is 10.6 Å². The van der Waals surface area contributed by atoms with Crippen LogP contribution in [0.25, 0.3) is 0 Å². The highest BCUT2D eigenvalue weighted by molar-refractivity contribution is 6.32. The quantitative estimate of drug-likeness (QED) is 0.865. The van der Waals surface area contributed by atoms with Crippen molar-refractivity contribution in [3.05, 3.63) is 10.4 Å². The maximum atomic E-state index is 11.7. The molecule has 1 atom stereocenters. The van der Waals surface area contributed by atoms with Crippen LogP contribution in [0, 0.1) is 0 Å². The Morgan fingerprint density at radius 3 is 2.76 bits per heavy atom. The first-order valence-electron chi connectivity index (χ1n) is 5.19. The van der Waals surface area contributed by atoms with Gasteiger partial charge in [-0.15, -0.1) is 10.2 Å². The highest BCUT2D eigenvalue weighted by Gasteiger charge is 2.26. The number of anilines is 1. The molecule has 1 aliphatic carbocycles. The summed E-state index contributed by atoms with van der Waals surface area (Å²) in [4.78, 5) is 15.5. The van der Waals surface area contributed by atoms with Crippen molar-refractivity contribution in [2.75, 3.05) is 5.32 Å². The summed E-state index contributed by atoms with van der Waals surface area (Å²) in [5.41, 5.74) is 0. The number of nitrogens with zero attached hydrogens (tertiary/aromatic N) is 3. The minimum absolute atomic E-state index is 0.0216. The molecule has 1 heterocycles. The highest BCUT2D eigenvalue weighted by atomic mass is 35.5. The van der Waals surface area contributed by atoms with Crippen molar-refractivity contribution >= 4 is 34.9 Å². The minimum Gasteiger partial charge on any atom is -0.356 e. The van der Waals surface area contributed by atoms with Gasteiger partial charge in [0.2, 0.25) is 11.2 Å². The number of rotatable bonds is 4. The van der Waals surface area contributed by atoms with Gasteiger partial charge in [0, 0.05) is 6.04 Å². The summed E-state index contributed by atoms with van der Waals surface area (Å²) in [5, 5.41) is 12.8. The number of hydrogen-bond donors (Lipinski definition) is 2. The smallest absolute Gasteiger partial charge is 0.245 e. The van der Waals surface area contributed by atoms with Gasteiger partial charge in [-0.3, -0.25) is 4.79 Å². The van der Waals surface area contributed by atoms with E-state index < -0.39 is 6.04 Å². The summed E-state index contributed by atoms with van der Waals surface area (Å²) in [6.07, 6.45) is 2.08. The van der Waals surface area contributed by atoms with Gasteiger partial charge in [-0.25, -0.2) is 0 Å². The van der Waals surface area contributed by atoms with E-state index in [0.29, 0.717) is 6.04 Å². The Morgan fingerprint density at radius 1 is 1.41 bits per heavy atom. The molecule has 1 aromatic heterocycles. The molecule has 1 unspecified atom stereocenters. The Hall–Kier alpha value is -1.14. The summed E-state index contributed by atoms with van der Waals surface area (Å²) < 4.78 is 0. The van der Waals surface area contributed by atoms with Crippen LogP contribution < -0.4 is 10.6 Å². The van der Waals surface area contributed by atoms with Crippen molar-refractivity contribution in [2.45, 2.75) is 31.8 Å². The number of carbonyl (C=O) groups excluding carboxylic acids is 1. The van der Waals surface area contributed by atoms with E-state index in [4.69, 9.17) is 23.2 Å². The number of halogens is 2. The van der Waals surface area contributed by atoms with E-state index in [2.05, 4.69) is 25.8 Å². The molecule has 2 rings (SSSR count). The second-order valence-electron chi connectivity index (χ2n) is 3.87. The van der Waals surface area contributed by atoms with Gasteiger partial charge in [0.25, 0.3) is 0 Å². The Morgan fingerprint density at radius 2 is 2.12 bits per heavy atom. The molecule has 2 N–H and O–H groups in total. The molecule has 1 saturated carbocycles. The van der Waals surface area contributed by atoms with Gasteiger partial charge in [-0.2, -0.15) is 4.98 Å². The zero-order chi connectivity index (χ0) is 12.4. The summed E-state index contributed by atoms with van der Waals surface area (Å²) in [6.45, 7) is 1.71. The fraction of sp³-hybridized carbons (Fsp3) is 0.556. The Labute approximate surface area is 108 Å². The lowest BCUT2D eigenvalue weighted by Crippen LogP contribution is -2.39. The number of hydrogen-bond acceptors (Lipinski definition) is 5. The monoisotopic (exact) mass is 275 g/mol. The topological polar surface area (TPSA) is 79.8 Å². The molecule has 0 radical (unpaired) electrons. The number of carbonyl (C=O) groups is 1. The van der Waals surface area contributed by atoms with E-state index in [-0.39, 0.29) is 22.2 Å². The molecule has 1 amide bonds. The van der Waals surface area contributed by atoms with Crippen LogP contribution in [-0.4, -0.2) is 33.2 Å². The van der Waals surface area contributed by atoms with Gasteiger partial charge in [0.05, 0.1) is 0 Å². The fourth-order valence-corrected chi connectivity index (χ4v) is 1.47. The summed E-state index contributed by atoms with van der Waals surface area (Å²) in [5.74, 6) is 0.156. The van der Waals surface area contributed by atoms with E-state index in [1.807, 2.05) is 0 Å². The molecular weight excluding hydrogens is 265 g/mol. The summed E-state index contributed by atoms with van der Waals surface area (Å²) in [6, 6.07) is -0.143. The molecule has 6 nitrogen and oxygen atoms in total. The molecule has 0 bridgehead atoms. The van der Waals surface area contributed by atoms with E-state index in [1.54, 1.807) is 6.92 Å². The highest BCUT2D eigenvalue weighted by Crippen LogP contribution is 2.20. The molecule has 0 spiro atoms. The van der Waals surface area contributed by atoms with Gasteiger partial charge in [0.15, 0.2) is 11.0 Å². The van der Waals surface area contributed by atoms with Crippen LogP contribution in [0.1, 0.15) is 19.8 Å². The average Bonchev–Trinajstić information content (AvgIpc) is 3.07. The summed E-state index contributed by atoms with van der Waals surface area (Å²) in [7, 11) is 0. The molecule has 92 valence electrons. The third kappa shape index (κ3) is 3.41. The Bertz CT molecular complexity index is 437. The van der Waals surface area contributed by atoms with Gasteiger partial charge in [0.1, 0.15) is 6.04 Å². The van der Waals surface area contributed by atoms with E-state index in [9.17, 15) is 4.79 Å². The van der Waals surface area contributed by atoms with Crippen molar-refractivity contribution in [2.24, 2.45) is 0 Å². The van der Waals surface area contributed by atoms with Crippen LogP contribution in [0.5, 0.6) is 0 Å². The fourth-order valence-electron chi connectivity index (χ4n) is 1.21. The zero-order valence-electron chi connectivity index (χ0n) is 9.07. The van der Waals surface area contributed by atoms with Crippen LogP contribution >= 0.6 is 23.2 Å². The number of aromatic nitrogens is 3. The van der Waals surface area contributed by atoms with Crippen molar-refractivity contribution in [1.29, 1.82) is 0 Å². The maximum absolute atomic E-state index is 11.7. The lowest BCUT2D eigenvalue weighted by molar-refractivity contribution is -0.121. The number of amides is 1. The first-order chi connectivity index (χ1) is 8.06. The first-order valence-corrected chi connectivity index (χ1v) is 5.94. The molecule has 1 fully saturated rings. The summed E-state index contributed by atoms with van der Waals surface area (Å²) >= 11 is 11.4. The van der Waals surface area contributed by atoms with Crippen molar-refractivity contribution in [1.82, 2.24) is 20.5 Å². The van der Waals surface area contributed by atoms with Crippen LogP contribution in [0.3, 0.4) is 0 Å². The maximum Gasteiger partial charge on any atom is 0.245 e. The molecular formula is C9H11Cl2N5O. The van der Waals surface area contributed by atoms with Crippen LogP contribution in [0.15, 0.2) is 0 Å². The van der Waals surface area contributed by atoms with Crippen LogP contribution in [0.2, 0.25) is 10.4 Å². The van der Waals surface area contributed by atoms with Crippen molar-refractivity contribution < 1.29 is 4.79 Å². The molecule has 1 aliphatic rings. The lowest BCUT2D eigenvalue weighted by Gasteiger charge is -2.14. The minimum atomic E-state index is -0.458. The standard InChI is InChI=1S/C9H11Cl2N5O/c1-4(8(17)13-5-2-3-5)12-7-6(10)15-16-9(11)14-7/h4-5H,2-3H2,1H3,(H,13,17)(H,12,14,16). The van der Waals surface area contributed by atoms with Gasteiger partial charge in [-0.1, -0.05) is 11.6 Å². The largest absolute Gasteiger partial charge is 0.356 e. The van der Waals surface area contributed by atoms with E-state index >= 15 is 0 Å². The number of nitrogens with one attached hydrogen (secondary N) is 2. The Balaban J connectivity index is 1.98. The lowest BCUT2D eigenvalue weighted by atomic mass is 10.3. The average molecular weight is 276 g/mol. The molecule has 0 saturated heterocycles. The van der Waals surface area contributed by atoms with Gasteiger partial charge >= 0.3 is 0 Å².